The van der Waals surface area contributed by atoms with Crippen molar-refractivity contribution < 1.29 is 4.79 Å². The van der Waals surface area contributed by atoms with Crippen molar-refractivity contribution in [2.75, 3.05) is 13.1 Å². The van der Waals surface area contributed by atoms with E-state index in [0.717, 1.165) is 18.4 Å². The lowest BCUT2D eigenvalue weighted by Crippen LogP contribution is -2.43. The molecule has 0 aromatic heterocycles. The van der Waals surface area contributed by atoms with E-state index in [1.807, 2.05) is 4.90 Å². The van der Waals surface area contributed by atoms with Crippen LogP contribution in [-0.4, -0.2) is 36.0 Å². The van der Waals surface area contributed by atoms with E-state index in [0.29, 0.717) is 24.5 Å². The third-order valence-electron chi connectivity index (χ3n) is 4.92. The molecule has 3 atom stereocenters. The van der Waals surface area contributed by atoms with Crippen LogP contribution in [0.2, 0.25) is 0 Å². The Balaban J connectivity index is 1.75. The smallest absolute Gasteiger partial charge is 0.236 e. The molecule has 104 valence electrons. The Bertz CT molecular complexity index is 288. The van der Waals surface area contributed by atoms with Gasteiger partial charge in [-0.25, -0.2) is 0 Å². The van der Waals surface area contributed by atoms with E-state index in [1.165, 1.54) is 32.1 Å². The van der Waals surface area contributed by atoms with Crippen LogP contribution in [0.5, 0.6) is 0 Å². The summed E-state index contributed by atoms with van der Waals surface area (Å²) < 4.78 is 0. The molecule has 0 aromatic rings. The van der Waals surface area contributed by atoms with Crippen LogP contribution in [0.25, 0.3) is 0 Å². The minimum absolute atomic E-state index is 0.298. The van der Waals surface area contributed by atoms with Gasteiger partial charge in [0.15, 0.2) is 0 Å². The lowest BCUT2D eigenvalue weighted by molar-refractivity contribution is -0.130. The summed E-state index contributed by atoms with van der Waals surface area (Å²) >= 11 is 0. The average Bonchev–Trinajstić information content (AvgIpc) is 3.12. The fourth-order valence-electron chi connectivity index (χ4n) is 3.46. The van der Waals surface area contributed by atoms with Gasteiger partial charge in [-0.2, -0.15) is 0 Å². The first-order valence-electron chi connectivity index (χ1n) is 7.70. The van der Waals surface area contributed by atoms with Gasteiger partial charge in [0.2, 0.25) is 5.91 Å². The van der Waals surface area contributed by atoms with Crippen LogP contribution in [0.1, 0.15) is 52.9 Å². The fraction of sp³-hybridized carbons (Fsp3) is 0.933. The molecule has 1 amide bonds. The number of hydrogen-bond acceptors (Lipinski definition) is 2. The molecular weight excluding hydrogens is 224 g/mol. The molecule has 0 spiro atoms. The lowest BCUT2D eigenvalue weighted by atomic mass is 9.93. The molecule has 1 N–H and O–H groups in total. The Morgan fingerprint density at radius 2 is 1.94 bits per heavy atom. The number of rotatable bonds is 6. The highest BCUT2D eigenvalue weighted by atomic mass is 16.2. The Morgan fingerprint density at radius 3 is 2.44 bits per heavy atom. The van der Waals surface area contributed by atoms with Gasteiger partial charge in [-0.15, -0.1) is 0 Å². The molecule has 0 heterocycles. The third-order valence-corrected chi connectivity index (χ3v) is 4.92. The van der Waals surface area contributed by atoms with Gasteiger partial charge in [0, 0.05) is 18.6 Å². The Labute approximate surface area is 111 Å². The molecule has 2 aliphatic carbocycles. The van der Waals surface area contributed by atoms with Crippen molar-refractivity contribution in [1.82, 2.24) is 10.2 Å². The number of hydrogen-bond donors (Lipinski definition) is 1. The number of carbonyl (C=O) groups excluding carboxylic acids is 1. The number of nitrogens with zero attached hydrogens (tertiary/aromatic N) is 1. The highest BCUT2D eigenvalue weighted by Gasteiger charge is 2.34. The minimum atomic E-state index is 0.298. The van der Waals surface area contributed by atoms with E-state index < -0.39 is 0 Å². The zero-order valence-electron chi connectivity index (χ0n) is 12.1. The topological polar surface area (TPSA) is 32.3 Å². The van der Waals surface area contributed by atoms with E-state index >= 15 is 0 Å². The highest BCUT2D eigenvalue weighted by molar-refractivity contribution is 5.78. The maximum atomic E-state index is 12.1. The van der Waals surface area contributed by atoms with Crippen molar-refractivity contribution in [3.05, 3.63) is 0 Å². The second-order valence-corrected chi connectivity index (χ2v) is 6.00. The first-order valence-corrected chi connectivity index (χ1v) is 7.70. The molecule has 18 heavy (non-hydrogen) atoms. The summed E-state index contributed by atoms with van der Waals surface area (Å²) in [6.45, 7) is 8.10. The molecule has 0 saturated heterocycles. The SMILES string of the molecule is CCC1CCC(NCC(=O)N(CC)C2CC2)C1C. The van der Waals surface area contributed by atoms with Gasteiger partial charge in [0.05, 0.1) is 6.54 Å². The molecule has 2 fully saturated rings. The molecule has 2 saturated carbocycles. The van der Waals surface area contributed by atoms with Crippen LogP contribution in [0.3, 0.4) is 0 Å². The Morgan fingerprint density at radius 1 is 1.22 bits per heavy atom. The zero-order valence-corrected chi connectivity index (χ0v) is 12.1. The van der Waals surface area contributed by atoms with Gasteiger partial charge in [-0.3, -0.25) is 4.79 Å². The molecule has 2 rings (SSSR count). The zero-order chi connectivity index (χ0) is 13.1. The summed E-state index contributed by atoms with van der Waals surface area (Å²) in [5.41, 5.74) is 0. The molecule has 3 heteroatoms. The van der Waals surface area contributed by atoms with Gasteiger partial charge >= 0.3 is 0 Å². The number of nitrogens with one attached hydrogen (secondary N) is 1. The van der Waals surface area contributed by atoms with Crippen LogP contribution in [-0.2, 0) is 4.79 Å². The number of likely N-dealkylation sites (N-methyl/N-ethyl adjacent to an activating group) is 1. The fourth-order valence-corrected chi connectivity index (χ4v) is 3.46. The molecule has 3 unspecified atom stereocenters. The van der Waals surface area contributed by atoms with Crippen molar-refractivity contribution in [1.29, 1.82) is 0 Å². The maximum absolute atomic E-state index is 12.1. The van der Waals surface area contributed by atoms with E-state index in [1.54, 1.807) is 0 Å². The summed E-state index contributed by atoms with van der Waals surface area (Å²) in [6, 6.07) is 1.10. The first kappa shape index (κ1) is 13.9. The summed E-state index contributed by atoms with van der Waals surface area (Å²) in [4.78, 5) is 14.2. The van der Waals surface area contributed by atoms with Crippen molar-refractivity contribution >= 4 is 5.91 Å². The van der Waals surface area contributed by atoms with Crippen LogP contribution >= 0.6 is 0 Å². The molecule has 0 radical (unpaired) electrons. The van der Waals surface area contributed by atoms with Crippen LogP contribution < -0.4 is 5.32 Å². The van der Waals surface area contributed by atoms with Gasteiger partial charge in [-0.1, -0.05) is 20.3 Å². The lowest BCUT2D eigenvalue weighted by Gasteiger charge is -2.24. The average molecular weight is 252 g/mol. The van der Waals surface area contributed by atoms with E-state index in [-0.39, 0.29) is 0 Å². The predicted octanol–water partition coefficient (Wildman–Crippen LogP) is 2.41. The maximum Gasteiger partial charge on any atom is 0.236 e. The standard InChI is InChI=1S/C15H28N2O/c1-4-12-6-9-14(11(12)3)16-10-15(18)17(5-2)13-7-8-13/h11-14,16H,4-10H2,1-3H3. The van der Waals surface area contributed by atoms with Crippen molar-refractivity contribution in [2.24, 2.45) is 11.8 Å². The van der Waals surface area contributed by atoms with Crippen LogP contribution in [0, 0.1) is 11.8 Å². The molecule has 2 aliphatic rings. The molecule has 0 aliphatic heterocycles. The normalized spacial score (nSPS) is 31.6. The Kier molecular flexibility index (Phi) is 4.66. The van der Waals surface area contributed by atoms with Gasteiger partial charge < -0.3 is 10.2 Å². The first-order chi connectivity index (χ1) is 8.67. The molecular formula is C15H28N2O. The summed E-state index contributed by atoms with van der Waals surface area (Å²) in [5, 5.41) is 3.50. The third kappa shape index (κ3) is 3.05. The monoisotopic (exact) mass is 252 g/mol. The van der Waals surface area contributed by atoms with E-state index in [9.17, 15) is 4.79 Å². The van der Waals surface area contributed by atoms with Crippen molar-refractivity contribution in [3.63, 3.8) is 0 Å². The van der Waals surface area contributed by atoms with Gasteiger partial charge in [0.25, 0.3) is 0 Å². The highest BCUT2D eigenvalue weighted by Crippen LogP contribution is 2.33. The summed E-state index contributed by atoms with van der Waals surface area (Å²) in [7, 11) is 0. The number of carbonyl (C=O) groups is 1. The van der Waals surface area contributed by atoms with Crippen molar-refractivity contribution in [2.45, 2.75) is 65.0 Å². The van der Waals surface area contributed by atoms with Crippen LogP contribution in [0.15, 0.2) is 0 Å². The molecule has 0 bridgehead atoms. The molecule has 0 aromatic carbocycles. The van der Waals surface area contributed by atoms with Gasteiger partial charge in [0.1, 0.15) is 0 Å². The van der Waals surface area contributed by atoms with Gasteiger partial charge in [-0.05, 0) is 44.4 Å². The second kappa shape index (κ2) is 6.05. The summed E-state index contributed by atoms with van der Waals surface area (Å²) in [6.07, 6.45) is 6.25. The minimum Gasteiger partial charge on any atom is -0.339 e. The number of amides is 1. The van der Waals surface area contributed by atoms with E-state index in [4.69, 9.17) is 0 Å². The quantitative estimate of drug-likeness (QED) is 0.787. The Hall–Kier alpha value is -0.570. The molecule has 3 nitrogen and oxygen atoms in total. The largest absolute Gasteiger partial charge is 0.339 e. The second-order valence-electron chi connectivity index (χ2n) is 6.00. The van der Waals surface area contributed by atoms with Crippen molar-refractivity contribution in [3.8, 4) is 0 Å². The summed E-state index contributed by atoms with van der Waals surface area (Å²) in [5.74, 6) is 1.87. The predicted molar refractivity (Wildman–Crippen MR) is 74.4 cm³/mol. The van der Waals surface area contributed by atoms with Crippen LogP contribution in [0.4, 0.5) is 0 Å². The van der Waals surface area contributed by atoms with E-state index in [2.05, 4.69) is 26.1 Å².